The van der Waals surface area contributed by atoms with Gasteiger partial charge in [0.1, 0.15) is 17.6 Å². The van der Waals surface area contributed by atoms with Crippen LogP contribution in [0.25, 0.3) is 0 Å². The molecule has 1 atom stereocenters. The van der Waals surface area contributed by atoms with E-state index in [4.69, 9.17) is 0 Å². The molecule has 2 amide bonds. The van der Waals surface area contributed by atoms with Crippen LogP contribution in [0.4, 0.5) is 18.9 Å². The van der Waals surface area contributed by atoms with Crippen molar-refractivity contribution < 1.29 is 27.5 Å². The maximum Gasteiger partial charge on any atom is 0.387 e. The molecule has 31 heavy (non-hydrogen) atoms. The minimum absolute atomic E-state index is 0.0194. The van der Waals surface area contributed by atoms with Crippen LogP contribution in [-0.4, -0.2) is 24.5 Å². The number of halogens is 3. The van der Waals surface area contributed by atoms with Crippen LogP contribution in [0.2, 0.25) is 0 Å². The molecular weight excluding hydrogens is 409 g/mol. The molecular formula is C23H19F3N2O3. The molecule has 8 heteroatoms. The van der Waals surface area contributed by atoms with E-state index in [1.165, 1.54) is 42.5 Å². The standard InChI is InChI=1S/C23H19F3N2O3/c24-17-11-5-4-10-16(17)21(29)28-19(14-15-8-2-1-3-9-15)22(30)27-18-12-6-7-13-20(18)31-23(25)26/h1-13,19,23H,14H2,(H,27,30)(H,28,29). The van der Waals surface area contributed by atoms with Gasteiger partial charge in [0.05, 0.1) is 11.3 Å². The molecule has 0 bridgehead atoms. The lowest BCUT2D eigenvalue weighted by Crippen LogP contribution is -2.45. The maximum atomic E-state index is 14.0. The summed E-state index contributed by atoms with van der Waals surface area (Å²) in [5.74, 6) is -2.38. The van der Waals surface area contributed by atoms with Crippen LogP contribution in [0.1, 0.15) is 15.9 Å². The Labute approximate surface area is 176 Å². The Morgan fingerprint density at radius 3 is 2.23 bits per heavy atom. The van der Waals surface area contributed by atoms with Gasteiger partial charge in [0.2, 0.25) is 5.91 Å². The van der Waals surface area contributed by atoms with E-state index >= 15 is 0 Å². The van der Waals surface area contributed by atoms with Crippen LogP contribution < -0.4 is 15.4 Å². The van der Waals surface area contributed by atoms with Crippen molar-refractivity contribution in [3.63, 3.8) is 0 Å². The number of alkyl halides is 2. The Hall–Kier alpha value is -3.81. The largest absolute Gasteiger partial charge is 0.433 e. The molecule has 0 saturated heterocycles. The minimum Gasteiger partial charge on any atom is -0.433 e. The third kappa shape index (κ3) is 6.08. The van der Waals surface area contributed by atoms with Gasteiger partial charge in [-0.25, -0.2) is 4.39 Å². The number of hydrogen-bond donors (Lipinski definition) is 2. The minimum atomic E-state index is -3.07. The van der Waals surface area contributed by atoms with Crippen molar-refractivity contribution in [1.82, 2.24) is 5.32 Å². The topological polar surface area (TPSA) is 67.4 Å². The molecule has 160 valence electrons. The number of amides is 2. The first-order valence-electron chi connectivity index (χ1n) is 9.38. The second kappa shape index (κ2) is 10.3. The molecule has 0 aliphatic carbocycles. The summed E-state index contributed by atoms with van der Waals surface area (Å²) in [6.45, 7) is -3.07. The predicted octanol–water partition coefficient (Wildman–Crippen LogP) is 4.41. The summed E-state index contributed by atoms with van der Waals surface area (Å²) in [7, 11) is 0. The fourth-order valence-corrected chi connectivity index (χ4v) is 2.93. The second-order valence-electron chi connectivity index (χ2n) is 6.56. The molecule has 5 nitrogen and oxygen atoms in total. The average molecular weight is 428 g/mol. The first kappa shape index (κ1) is 21.9. The number of anilines is 1. The summed E-state index contributed by atoms with van der Waals surface area (Å²) in [5.41, 5.74) is 0.550. The quantitative estimate of drug-likeness (QED) is 0.559. The smallest absolute Gasteiger partial charge is 0.387 e. The van der Waals surface area contributed by atoms with Crippen molar-refractivity contribution in [2.45, 2.75) is 19.1 Å². The number of carbonyl (C=O) groups excluding carboxylic acids is 2. The number of benzene rings is 3. The van der Waals surface area contributed by atoms with Crippen molar-refractivity contribution in [1.29, 1.82) is 0 Å². The van der Waals surface area contributed by atoms with E-state index in [-0.39, 0.29) is 23.4 Å². The van der Waals surface area contributed by atoms with E-state index in [1.54, 1.807) is 30.3 Å². The average Bonchev–Trinajstić information content (AvgIpc) is 2.75. The van der Waals surface area contributed by atoms with Gasteiger partial charge in [-0.15, -0.1) is 0 Å². The van der Waals surface area contributed by atoms with Gasteiger partial charge in [-0.1, -0.05) is 54.6 Å². The Morgan fingerprint density at radius 1 is 0.871 bits per heavy atom. The van der Waals surface area contributed by atoms with Crippen LogP contribution in [0.5, 0.6) is 5.75 Å². The Balaban J connectivity index is 1.83. The zero-order valence-corrected chi connectivity index (χ0v) is 16.2. The Morgan fingerprint density at radius 2 is 1.52 bits per heavy atom. The Kier molecular flexibility index (Phi) is 7.26. The molecule has 0 heterocycles. The van der Waals surface area contributed by atoms with Crippen LogP contribution in [-0.2, 0) is 11.2 Å². The maximum absolute atomic E-state index is 14.0. The van der Waals surface area contributed by atoms with Crippen LogP contribution in [0.15, 0.2) is 78.9 Å². The van der Waals surface area contributed by atoms with Crippen molar-refractivity contribution in [3.8, 4) is 5.75 Å². The molecule has 3 rings (SSSR count). The third-order valence-electron chi connectivity index (χ3n) is 4.38. The summed E-state index contributed by atoms with van der Waals surface area (Å²) in [4.78, 5) is 25.5. The zero-order valence-electron chi connectivity index (χ0n) is 16.2. The van der Waals surface area contributed by atoms with Crippen molar-refractivity contribution in [2.24, 2.45) is 0 Å². The first-order valence-corrected chi connectivity index (χ1v) is 9.38. The molecule has 0 aromatic heterocycles. The van der Waals surface area contributed by atoms with Gasteiger partial charge in [0.15, 0.2) is 0 Å². The highest BCUT2D eigenvalue weighted by molar-refractivity contribution is 6.02. The van der Waals surface area contributed by atoms with E-state index in [9.17, 15) is 22.8 Å². The number of hydrogen-bond acceptors (Lipinski definition) is 3. The van der Waals surface area contributed by atoms with E-state index in [2.05, 4.69) is 15.4 Å². The SMILES string of the molecule is O=C(NC(Cc1ccccc1)C(=O)Nc1ccccc1OC(F)F)c1ccccc1F. The fraction of sp³-hybridized carbons (Fsp3) is 0.130. The van der Waals surface area contributed by atoms with E-state index in [0.29, 0.717) is 0 Å². The lowest BCUT2D eigenvalue weighted by Gasteiger charge is -2.20. The number of para-hydroxylation sites is 2. The highest BCUT2D eigenvalue weighted by Gasteiger charge is 2.24. The summed E-state index contributed by atoms with van der Waals surface area (Å²) in [6, 6.07) is 18.9. The van der Waals surface area contributed by atoms with Gasteiger partial charge in [-0.05, 0) is 29.8 Å². The number of rotatable bonds is 8. The highest BCUT2D eigenvalue weighted by Crippen LogP contribution is 2.25. The molecule has 0 fully saturated rings. The van der Waals surface area contributed by atoms with E-state index in [0.717, 1.165) is 11.6 Å². The number of carbonyl (C=O) groups is 2. The highest BCUT2D eigenvalue weighted by atomic mass is 19.3. The second-order valence-corrected chi connectivity index (χ2v) is 6.56. The van der Waals surface area contributed by atoms with Crippen molar-refractivity contribution >= 4 is 17.5 Å². The zero-order chi connectivity index (χ0) is 22.2. The molecule has 3 aromatic carbocycles. The first-order chi connectivity index (χ1) is 14.9. The van der Waals surface area contributed by atoms with Gasteiger partial charge < -0.3 is 15.4 Å². The summed E-state index contributed by atoms with van der Waals surface area (Å²) < 4.78 is 43.7. The summed E-state index contributed by atoms with van der Waals surface area (Å²) in [5, 5.41) is 5.02. The van der Waals surface area contributed by atoms with E-state index in [1.807, 2.05) is 0 Å². The third-order valence-corrected chi connectivity index (χ3v) is 4.38. The molecule has 0 aliphatic rings. The van der Waals surface area contributed by atoms with Gasteiger partial charge in [-0.2, -0.15) is 8.78 Å². The molecule has 1 unspecified atom stereocenters. The van der Waals surface area contributed by atoms with Crippen LogP contribution >= 0.6 is 0 Å². The number of ether oxygens (including phenoxy) is 1. The van der Waals surface area contributed by atoms with E-state index < -0.39 is 30.3 Å². The number of nitrogens with one attached hydrogen (secondary N) is 2. The lowest BCUT2D eigenvalue weighted by molar-refractivity contribution is -0.118. The predicted molar refractivity (Wildman–Crippen MR) is 110 cm³/mol. The fourth-order valence-electron chi connectivity index (χ4n) is 2.93. The molecule has 0 spiro atoms. The monoisotopic (exact) mass is 428 g/mol. The molecule has 0 radical (unpaired) electrons. The van der Waals surface area contributed by atoms with Crippen LogP contribution in [0, 0.1) is 5.82 Å². The van der Waals surface area contributed by atoms with Crippen LogP contribution in [0.3, 0.4) is 0 Å². The lowest BCUT2D eigenvalue weighted by atomic mass is 10.0. The molecule has 3 aromatic rings. The van der Waals surface area contributed by atoms with Crippen molar-refractivity contribution in [3.05, 3.63) is 95.8 Å². The normalized spacial score (nSPS) is 11.6. The van der Waals surface area contributed by atoms with Crippen molar-refractivity contribution in [2.75, 3.05) is 5.32 Å². The molecule has 0 aliphatic heterocycles. The summed E-state index contributed by atoms with van der Waals surface area (Å²) in [6.07, 6.45) is 0.102. The summed E-state index contributed by atoms with van der Waals surface area (Å²) >= 11 is 0. The van der Waals surface area contributed by atoms with Gasteiger partial charge in [0.25, 0.3) is 5.91 Å². The van der Waals surface area contributed by atoms with Gasteiger partial charge in [0, 0.05) is 6.42 Å². The Bertz CT molecular complexity index is 1050. The van der Waals surface area contributed by atoms with Gasteiger partial charge in [-0.3, -0.25) is 9.59 Å². The molecule has 2 N–H and O–H groups in total. The van der Waals surface area contributed by atoms with Gasteiger partial charge >= 0.3 is 6.61 Å². The molecule has 0 saturated carbocycles.